The van der Waals surface area contributed by atoms with Crippen molar-refractivity contribution in [2.75, 3.05) is 6.61 Å². The maximum Gasteiger partial charge on any atom is 0.265 e. The molecular formula is C11H11N3O3. The van der Waals surface area contributed by atoms with Gasteiger partial charge in [0.05, 0.1) is 6.61 Å². The highest BCUT2D eigenvalue weighted by molar-refractivity contribution is 5.93. The molecule has 2 rings (SSSR count). The largest absolute Gasteiger partial charge is 0.338 e. The number of benzene rings is 1. The maximum atomic E-state index is 11.2. The van der Waals surface area contributed by atoms with E-state index in [1.807, 2.05) is 5.43 Å². The van der Waals surface area contributed by atoms with E-state index in [0.29, 0.717) is 24.0 Å². The molecule has 1 atom stereocenters. The second-order valence-corrected chi connectivity index (χ2v) is 3.49. The molecule has 6 heteroatoms. The Bertz CT molecular complexity index is 469. The Morgan fingerprint density at radius 2 is 2.18 bits per heavy atom. The van der Waals surface area contributed by atoms with Gasteiger partial charge in [-0.3, -0.25) is 15.0 Å². The lowest BCUT2D eigenvalue weighted by molar-refractivity contribution is -0.127. The van der Waals surface area contributed by atoms with Gasteiger partial charge in [0.15, 0.2) is 6.29 Å². The Morgan fingerprint density at radius 3 is 2.65 bits per heavy atom. The molecule has 1 aliphatic heterocycles. The minimum atomic E-state index is -1.27. The van der Waals surface area contributed by atoms with Gasteiger partial charge in [-0.2, -0.15) is 0 Å². The van der Waals surface area contributed by atoms with Gasteiger partial charge < -0.3 is 4.74 Å². The fraction of sp³-hybridized carbons (Fsp3) is 0.182. The Hall–Kier alpha value is -2.05. The molecular weight excluding hydrogens is 222 g/mol. The van der Waals surface area contributed by atoms with Crippen LogP contribution < -0.4 is 11.3 Å². The summed E-state index contributed by atoms with van der Waals surface area (Å²) in [6.45, 7) is 0.295. The Kier molecular flexibility index (Phi) is 2.99. The summed E-state index contributed by atoms with van der Waals surface area (Å²) in [4.78, 5) is 26.3. The summed E-state index contributed by atoms with van der Waals surface area (Å²) >= 11 is 0. The highest BCUT2D eigenvalue weighted by Crippen LogP contribution is 2.28. The minimum Gasteiger partial charge on any atom is -0.338 e. The van der Waals surface area contributed by atoms with E-state index in [-0.39, 0.29) is 0 Å². The van der Waals surface area contributed by atoms with E-state index in [9.17, 15) is 9.59 Å². The molecule has 1 amide bonds. The van der Waals surface area contributed by atoms with Gasteiger partial charge in [-0.1, -0.05) is 12.1 Å². The topological polar surface area (TPSA) is 93.8 Å². The number of aldehydes is 1. The molecule has 6 nitrogen and oxygen atoms in total. The van der Waals surface area contributed by atoms with Crippen molar-refractivity contribution in [1.82, 2.24) is 5.43 Å². The summed E-state index contributed by atoms with van der Waals surface area (Å²) in [6, 6.07) is 6.34. The van der Waals surface area contributed by atoms with E-state index in [2.05, 4.69) is 4.99 Å². The first-order chi connectivity index (χ1) is 8.22. The van der Waals surface area contributed by atoms with E-state index >= 15 is 0 Å². The molecule has 0 spiro atoms. The van der Waals surface area contributed by atoms with Crippen LogP contribution in [-0.4, -0.2) is 25.0 Å². The van der Waals surface area contributed by atoms with Crippen molar-refractivity contribution in [2.45, 2.75) is 5.72 Å². The zero-order valence-electron chi connectivity index (χ0n) is 8.92. The first-order valence-corrected chi connectivity index (χ1v) is 4.97. The molecule has 0 fully saturated rings. The third-order valence-corrected chi connectivity index (χ3v) is 2.51. The molecule has 88 valence electrons. The summed E-state index contributed by atoms with van der Waals surface area (Å²) in [5.41, 5.74) is 1.74. The summed E-state index contributed by atoms with van der Waals surface area (Å²) in [5, 5.41) is 0. The Morgan fingerprint density at radius 1 is 1.47 bits per heavy atom. The molecule has 0 saturated heterocycles. The number of ether oxygens (including phenoxy) is 1. The molecule has 1 aromatic carbocycles. The summed E-state index contributed by atoms with van der Waals surface area (Å²) < 4.78 is 5.29. The minimum absolute atomic E-state index is 0.295. The number of carbonyl (C=O) groups excluding carboxylic acids is 2. The average molecular weight is 233 g/mol. The number of nitrogens with two attached hydrogens (primary N) is 1. The molecule has 1 aliphatic rings. The zero-order valence-corrected chi connectivity index (χ0v) is 8.92. The maximum absolute atomic E-state index is 11.2. The van der Waals surface area contributed by atoms with Crippen LogP contribution in [0.25, 0.3) is 0 Å². The molecule has 0 aromatic heterocycles. The van der Waals surface area contributed by atoms with Gasteiger partial charge in [0.25, 0.3) is 5.91 Å². The molecule has 3 N–H and O–H groups in total. The Balaban J connectivity index is 2.32. The molecule has 1 aromatic rings. The van der Waals surface area contributed by atoms with Crippen molar-refractivity contribution < 1.29 is 14.3 Å². The number of nitrogen functional groups attached to an aromatic ring is 1. The second kappa shape index (κ2) is 4.44. The number of rotatable bonds is 3. The standard InChI is InChI=1S/C11H11N3O3/c12-14-10(16)8-1-3-9(4-2-8)11(7-15)13-5-6-17-11/h1-5,7H,6,12H2,(H,14,16). The van der Waals surface area contributed by atoms with Crippen LogP contribution in [0.5, 0.6) is 0 Å². The number of hydrogen-bond acceptors (Lipinski definition) is 5. The van der Waals surface area contributed by atoms with Crippen LogP contribution in [0.15, 0.2) is 29.3 Å². The molecule has 1 unspecified atom stereocenters. The molecule has 1 heterocycles. The normalized spacial score (nSPS) is 22.4. The third kappa shape index (κ3) is 1.95. The van der Waals surface area contributed by atoms with Crippen molar-refractivity contribution in [3.05, 3.63) is 35.4 Å². The van der Waals surface area contributed by atoms with Crippen molar-refractivity contribution in [1.29, 1.82) is 0 Å². The van der Waals surface area contributed by atoms with E-state index in [0.717, 1.165) is 0 Å². The zero-order chi connectivity index (χ0) is 12.3. The van der Waals surface area contributed by atoms with E-state index in [1.54, 1.807) is 24.3 Å². The molecule has 0 aliphatic carbocycles. The average Bonchev–Trinajstić information content (AvgIpc) is 2.88. The van der Waals surface area contributed by atoms with Crippen molar-refractivity contribution >= 4 is 18.4 Å². The number of nitrogens with one attached hydrogen (secondary N) is 1. The predicted octanol–water partition coefficient (Wildman–Crippen LogP) is -0.257. The quantitative estimate of drug-likeness (QED) is 0.325. The van der Waals surface area contributed by atoms with Gasteiger partial charge in [0.1, 0.15) is 0 Å². The molecule has 0 saturated carbocycles. The Labute approximate surface area is 97.4 Å². The fourth-order valence-electron chi connectivity index (χ4n) is 1.61. The fourth-order valence-corrected chi connectivity index (χ4v) is 1.61. The number of nitrogens with zero attached hydrogens (tertiary/aromatic N) is 1. The van der Waals surface area contributed by atoms with Gasteiger partial charge >= 0.3 is 0 Å². The highest BCUT2D eigenvalue weighted by atomic mass is 16.5. The monoisotopic (exact) mass is 233 g/mol. The number of carbonyl (C=O) groups is 2. The third-order valence-electron chi connectivity index (χ3n) is 2.51. The van der Waals surface area contributed by atoms with Crippen LogP contribution in [0.2, 0.25) is 0 Å². The highest BCUT2D eigenvalue weighted by Gasteiger charge is 2.34. The summed E-state index contributed by atoms with van der Waals surface area (Å²) in [7, 11) is 0. The van der Waals surface area contributed by atoms with Gasteiger partial charge in [0, 0.05) is 17.3 Å². The van der Waals surface area contributed by atoms with Gasteiger partial charge in [-0.25, -0.2) is 10.8 Å². The molecule has 0 radical (unpaired) electrons. The van der Waals surface area contributed by atoms with Gasteiger partial charge in [-0.05, 0) is 12.1 Å². The lowest BCUT2D eigenvalue weighted by Crippen LogP contribution is -2.30. The van der Waals surface area contributed by atoms with Crippen molar-refractivity contribution in [3.8, 4) is 0 Å². The SMILES string of the molecule is NNC(=O)c1ccc(C2(C=O)N=CCO2)cc1. The van der Waals surface area contributed by atoms with Crippen LogP contribution in [0.4, 0.5) is 0 Å². The van der Waals surface area contributed by atoms with Crippen LogP contribution in [-0.2, 0) is 15.3 Å². The van der Waals surface area contributed by atoms with E-state index in [1.165, 1.54) is 6.21 Å². The van der Waals surface area contributed by atoms with Crippen LogP contribution >= 0.6 is 0 Å². The second-order valence-electron chi connectivity index (χ2n) is 3.49. The summed E-state index contributed by atoms with van der Waals surface area (Å²) in [6.07, 6.45) is 2.17. The van der Waals surface area contributed by atoms with E-state index < -0.39 is 11.6 Å². The molecule has 0 bridgehead atoms. The first kappa shape index (κ1) is 11.4. The van der Waals surface area contributed by atoms with Crippen molar-refractivity contribution in [3.63, 3.8) is 0 Å². The van der Waals surface area contributed by atoms with Crippen LogP contribution in [0.3, 0.4) is 0 Å². The van der Waals surface area contributed by atoms with E-state index in [4.69, 9.17) is 10.6 Å². The predicted molar refractivity (Wildman–Crippen MR) is 60.3 cm³/mol. The lowest BCUT2D eigenvalue weighted by Gasteiger charge is -2.19. The first-order valence-electron chi connectivity index (χ1n) is 4.97. The number of hydrazine groups is 1. The number of aliphatic imine (C=N–C) groups is 1. The van der Waals surface area contributed by atoms with Crippen molar-refractivity contribution in [2.24, 2.45) is 10.8 Å². The smallest absolute Gasteiger partial charge is 0.265 e. The number of hydrogen-bond donors (Lipinski definition) is 2. The van der Waals surface area contributed by atoms with Gasteiger partial charge in [-0.15, -0.1) is 0 Å². The summed E-state index contributed by atoms with van der Waals surface area (Å²) in [5.74, 6) is 4.62. The van der Waals surface area contributed by atoms with Crippen LogP contribution in [0, 0.1) is 0 Å². The lowest BCUT2D eigenvalue weighted by atomic mass is 10.0. The van der Waals surface area contributed by atoms with Crippen LogP contribution in [0.1, 0.15) is 15.9 Å². The van der Waals surface area contributed by atoms with Gasteiger partial charge in [0.2, 0.25) is 5.72 Å². The number of amides is 1. The molecule has 17 heavy (non-hydrogen) atoms.